The molecule has 3 aromatic rings. The molecule has 0 unspecified atom stereocenters. The van der Waals surface area contributed by atoms with Gasteiger partial charge in [-0.3, -0.25) is 9.98 Å². The molecule has 196 valence electrons. The summed E-state index contributed by atoms with van der Waals surface area (Å²) in [6.07, 6.45) is 0. The van der Waals surface area contributed by atoms with Crippen LogP contribution in [0.3, 0.4) is 0 Å². The van der Waals surface area contributed by atoms with E-state index in [2.05, 4.69) is 20.8 Å². The molecule has 0 aliphatic rings. The number of benzene rings is 3. The van der Waals surface area contributed by atoms with E-state index in [-0.39, 0.29) is 33.6 Å². The Hall–Kier alpha value is -5.15. The summed E-state index contributed by atoms with van der Waals surface area (Å²) in [6.45, 7) is 1.35. The number of hydrazone groups is 1. The van der Waals surface area contributed by atoms with E-state index in [9.17, 15) is 47.8 Å². The van der Waals surface area contributed by atoms with Crippen molar-refractivity contribution >= 4 is 45.2 Å². The number of aryl methyl sites for hydroxylation is 1. The van der Waals surface area contributed by atoms with Crippen molar-refractivity contribution in [2.45, 2.75) is 11.8 Å². The Morgan fingerprint density at radius 2 is 1.47 bits per heavy atom. The Morgan fingerprint density at radius 1 is 0.842 bits per heavy atom. The van der Waals surface area contributed by atoms with Crippen molar-refractivity contribution in [3.8, 4) is 5.75 Å². The van der Waals surface area contributed by atoms with E-state index in [1.807, 2.05) is 0 Å². The standard InChI is InChI=1S/C23H18N4O10S/c1-11-8-13(38(35,36)37)10-18(19(11)28)25-27-20(14-4-2-3-5-15(14)22(31)32)26-24-17-9-12(21(29)30)6-7-16(17)23(33)34/h2-10,25,28H,1H3,(H,29,30)(H,31,32)(H,33,34)(H,35,36,37)/b26-24?,27-20-. The number of hydrogen-bond donors (Lipinski definition) is 6. The zero-order valence-corrected chi connectivity index (χ0v) is 20.0. The number of carboxylic acids is 3. The Labute approximate surface area is 214 Å². The van der Waals surface area contributed by atoms with Crippen molar-refractivity contribution in [2.75, 3.05) is 5.43 Å². The molecular weight excluding hydrogens is 524 g/mol. The van der Waals surface area contributed by atoms with Crippen LogP contribution in [0, 0.1) is 6.92 Å². The number of nitrogens with one attached hydrogen (secondary N) is 1. The number of azo groups is 1. The van der Waals surface area contributed by atoms with E-state index in [1.165, 1.54) is 31.2 Å². The van der Waals surface area contributed by atoms with Gasteiger partial charge < -0.3 is 20.4 Å². The molecule has 0 saturated carbocycles. The molecule has 0 fully saturated rings. The molecule has 38 heavy (non-hydrogen) atoms. The zero-order valence-electron chi connectivity index (χ0n) is 19.2. The van der Waals surface area contributed by atoms with Crippen LogP contribution < -0.4 is 5.43 Å². The number of rotatable bonds is 8. The van der Waals surface area contributed by atoms with Gasteiger partial charge in [0.2, 0.25) is 5.84 Å². The molecule has 0 saturated heterocycles. The van der Waals surface area contributed by atoms with Gasteiger partial charge in [-0.05, 0) is 48.9 Å². The fourth-order valence-electron chi connectivity index (χ4n) is 3.12. The van der Waals surface area contributed by atoms with E-state index in [1.54, 1.807) is 0 Å². The fourth-order valence-corrected chi connectivity index (χ4v) is 3.72. The van der Waals surface area contributed by atoms with E-state index in [0.717, 1.165) is 30.3 Å². The Morgan fingerprint density at radius 3 is 2.05 bits per heavy atom. The quantitative estimate of drug-likeness (QED) is 0.0600. The van der Waals surface area contributed by atoms with Crippen LogP contribution in [0.4, 0.5) is 11.4 Å². The molecular formula is C23H18N4O10S. The second kappa shape index (κ2) is 10.9. The first-order valence-corrected chi connectivity index (χ1v) is 11.7. The molecule has 0 aliphatic carbocycles. The highest BCUT2D eigenvalue weighted by molar-refractivity contribution is 7.85. The van der Waals surface area contributed by atoms with Gasteiger partial charge in [0.15, 0.2) is 0 Å². The van der Waals surface area contributed by atoms with Gasteiger partial charge in [0.25, 0.3) is 10.1 Å². The molecule has 0 heterocycles. The van der Waals surface area contributed by atoms with Crippen molar-refractivity contribution < 1.29 is 47.8 Å². The van der Waals surface area contributed by atoms with Crippen LogP contribution in [0.2, 0.25) is 0 Å². The van der Waals surface area contributed by atoms with Crippen molar-refractivity contribution in [3.63, 3.8) is 0 Å². The number of carbonyl (C=O) groups is 3. The number of carboxylic acid groups (broad SMARTS) is 3. The number of aromatic carboxylic acids is 3. The van der Waals surface area contributed by atoms with Gasteiger partial charge >= 0.3 is 17.9 Å². The van der Waals surface area contributed by atoms with Crippen molar-refractivity contribution in [3.05, 3.63) is 82.4 Å². The van der Waals surface area contributed by atoms with Crippen LogP contribution >= 0.6 is 0 Å². The minimum Gasteiger partial charge on any atom is -0.505 e. The lowest BCUT2D eigenvalue weighted by Gasteiger charge is -2.10. The normalized spacial score (nSPS) is 11.9. The summed E-state index contributed by atoms with van der Waals surface area (Å²) in [5.74, 6) is -5.11. The SMILES string of the molecule is Cc1cc(S(=O)(=O)O)cc(N/N=C(\N=Nc2cc(C(=O)O)ccc2C(=O)O)c2ccccc2C(=O)O)c1O. The first-order valence-electron chi connectivity index (χ1n) is 10.3. The molecule has 3 rings (SSSR count). The van der Waals surface area contributed by atoms with E-state index in [0.29, 0.717) is 0 Å². The van der Waals surface area contributed by atoms with Crippen LogP contribution in [0.1, 0.15) is 42.2 Å². The average Bonchev–Trinajstić information content (AvgIpc) is 2.85. The van der Waals surface area contributed by atoms with Gasteiger partial charge in [0.1, 0.15) is 11.4 Å². The van der Waals surface area contributed by atoms with Crippen molar-refractivity contribution in [2.24, 2.45) is 15.3 Å². The Bertz CT molecular complexity index is 1630. The van der Waals surface area contributed by atoms with Gasteiger partial charge in [-0.15, -0.1) is 10.2 Å². The summed E-state index contributed by atoms with van der Waals surface area (Å²) in [4.78, 5) is 34.1. The largest absolute Gasteiger partial charge is 0.505 e. The minimum atomic E-state index is -4.67. The highest BCUT2D eigenvalue weighted by Crippen LogP contribution is 2.31. The topological polar surface area (TPSA) is 236 Å². The average molecular weight is 542 g/mol. The summed E-state index contributed by atoms with van der Waals surface area (Å²) < 4.78 is 32.5. The predicted octanol–water partition coefficient (Wildman–Crippen LogP) is 3.60. The number of anilines is 1. The number of amidine groups is 1. The highest BCUT2D eigenvalue weighted by atomic mass is 32.2. The van der Waals surface area contributed by atoms with Crippen LogP contribution in [-0.4, -0.2) is 57.1 Å². The Kier molecular flexibility index (Phi) is 7.84. The number of phenols is 1. The highest BCUT2D eigenvalue weighted by Gasteiger charge is 2.19. The summed E-state index contributed by atoms with van der Waals surface area (Å²) in [7, 11) is -4.67. The van der Waals surface area contributed by atoms with Crippen molar-refractivity contribution in [1.29, 1.82) is 0 Å². The van der Waals surface area contributed by atoms with Gasteiger partial charge in [0.05, 0.1) is 27.3 Å². The van der Waals surface area contributed by atoms with Crippen LogP contribution in [-0.2, 0) is 10.1 Å². The third kappa shape index (κ3) is 6.15. The summed E-state index contributed by atoms with van der Waals surface area (Å²) in [5.41, 5.74) is 0.569. The molecule has 6 N–H and O–H groups in total. The minimum absolute atomic E-state index is 0.0449. The third-order valence-electron chi connectivity index (χ3n) is 4.98. The maximum absolute atomic E-state index is 11.8. The van der Waals surface area contributed by atoms with Crippen molar-refractivity contribution in [1.82, 2.24) is 0 Å². The summed E-state index contributed by atoms with van der Waals surface area (Å²) >= 11 is 0. The van der Waals surface area contributed by atoms with E-state index < -0.39 is 50.1 Å². The van der Waals surface area contributed by atoms with Gasteiger partial charge in [-0.25, -0.2) is 14.4 Å². The van der Waals surface area contributed by atoms with Crippen LogP contribution in [0.15, 0.2) is 74.8 Å². The van der Waals surface area contributed by atoms with Gasteiger partial charge in [0, 0.05) is 5.56 Å². The molecule has 15 heteroatoms. The molecule has 0 aromatic heterocycles. The summed E-state index contributed by atoms with van der Waals surface area (Å²) in [6, 6.07) is 10.2. The molecule has 0 aliphatic heterocycles. The second-order valence-electron chi connectivity index (χ2n) is 7.55. The van der Waals surface area contributed by atoms with Crippen LogP contribution in [0.25, 0.3) is 0 Å². The zero-order chi connectivity index (χ0) is 28.2. The molecule has 14 nitrogen and oxygen atoms in total. The number of hydrogen-bond acceptors (Lipinski definition) is 9. The predicted molar refractivity (Wildman–Crippen MR) is 131 cm³/mol. The fraction of sp³-hybridized carbons (Fsp3) is 0.0435. The lowest BCUT2D eigenvalue weighted by Crippen LogP contribution is -2.09. The maximum atomic E-state index is 11.8. The monoisotopic (exact) mass is 542 g/mol. The lowest BCUT2D eigenvalue weighted by molar-refractivity contribution is 0.0682. The number of nitrogens with zero attached hydrogens (tertiary/aromatic N) is 3. The molecule has 0 amide bonds. The van der Waals surface area contributed by atoms with E-state index in [4.69, 9.17) is 0 Å². The number of aromatic hydroxyl groups is 1. The summed E-state index contributed by atoms with van der Waals surface area (Å²) in [5, 5.41) is 50.1. The molecule has 3 aromatic carbocycles. The first-order chi connectivity index (χ1) is 17.8. The smallest absolute Gasteiger partial charge is 0.337 e. The molecule has 0 atom stereocenters. The lowest BCUT2D eigenvalue weighted by atomic mass is 10.1. The molecule has 0 bridgehead atoms. The first kappa shape index (κ1) is 27.4. The van der Waals surface area contributed by atoms with Gasteiger partial charge in [-0.2, -0.15) is 13.5 Å². The van der Waals surface area contributed by atoms with Gasteiger partial charge in [-0.1, -0.05) is 18.2 Å². The Balaban J connectivity index is 2.20. The van der Waals surface area contributed by atoms with E-state index >= 15 is 0 Å². The molecule has 0 spiro atoms. The second-order valence-corrected chi connectivity index (χ2v) is 8.97. The third-order valence-corrected chi connectivity index (χ3v) is 5.81. The number of phenolic OH excluding ortho intramolecular Hbond substituents is 1. The molecule has 0 radical (unpaired) electrons. The van der Waals surface area contributed by atoms with Crippen LogP contribution in [0.5, 0.6) is 5.75 Å². The maximum Gasteiger partial charge on any atom is 0.337 e.